The Morgan fingerprint density at radius 3 is 2.35 bits per heavy atom. The maximum absolute atomic E-state index is 5.96. The van der Waals surface area contributed by atoms with Gasteiger partial charge < -0.3 is 15.2 Å². The van der Waals surface area contributed by atoms with Gasteiger partial charge in [-0.2, -0.15) is 0 Å². The average molecular weight is 237 g/mol. The third-order valence-corrected chi connectivity index (χ3v) is 2.77. The Hall–Kier alpha value is -1.22. The van der Waals surface area contributed by atoms with Gasteiger partial charge in [0, 0.05) is 12.0 Å². The molecule has 0 saturated heterocycles. The highest BCUT2D eigenvalue weighted by Gasteiger charge is 2.26. The van der Waals surface area contributed by atoms with Gasteiger partial charge in [-0.25, -0.2) is 0 Å². The van der Waals surface area contributed by atoms with Gasteiger partial charge in [0.05, 0.1) is 7.11 Å². The zero-order valence-corrected chi connectivity index (χ0v) is 11.4. The first-order valence-corrected chi connectivity index (χ1v) is 5.90. The van der Waals surface area contributed by atoms with Gasteiger partial charge in [-0.1, -0.05) is 26.8 Å². The van der Waals surface area contributed by atoms with Crippen LogP contribution in [0.4, 0.5) is 0 Å². The molecule has 1 aromatic rings. The van der Waals surface area contributed by atoms with Gasteiger partial charge in [0.2, 0.25) is 0 Å². The smallest absolute Gasteiger partial charge is 0.161 e. The molecule has 2 N–H and O–H groups in total. The van der Waals surface area contributed by atoms with Crippen LogP contribution in [0.5, 0.6) is 11.5 Å². The minimum atomic E-state index is -0.0286. The molecule has 17 heavy (non-hydrogen) atoms. The standard InChI is InChI=1S/C14H23NO2/c1-10-6-7-11(12(8-10)16-5)17-13(9-15)14(2,3)4/h6-8,13H,9,15H2,1-5H3. The molecule has 0 amide bonds. The van der Waals surface area contributed by atoms with Crippen molar-refractivity contribution < 1.29 is 9.47 Å². The summed E-state index contributed by atoms with van der Waals surface area (Å²) in [4.78, 5) is 0. The number of nitrogens with two attached hydrogens (primary N) is 1. The van der Waals surface area contributed by atoms with Gasteiger partial charge in [-0.05, 0) is 24.6 Å². The summed E-state index contributed by atoms with van der Waals surface area (Å²) >= 11 is 0. The number of hydrogen-bond acceptors (Lipinski definition) is 3. The fourth-order valence-corrected chi connectivity index (χ4v) is 1.60. The Bertz CT molecular complexity index is 369. The topological polar surface area (TPSA) is 44.5 Å². The van der Waals surface area contributed by atoms with Crippen LogP contribution in [0.2, 0.25) is 0 Å². The molecule has 0 aromatic heterocycles. The number of ether oxygens (including phenoxy) is 2. The first-order chi connectivity index (χ1) is 7.88. The van der Waals surface area contributed by atoms with E-state index < -0.39 is 0 Å². The van der Waals surface area contributed by atoms with Crippen molar-refractivity contribution in [3.8, 4) is 11.5 Å². The molecule has 1 aromatic carbocycles. The van der Waals surface area contributed by atoms with Crippen molar-refractivity contribution in [2.24, 2.45) is 11.1 Å². The van der Waals surface area contributed by atoms with Crippen LogP contribution in [0.25, 0.3) is 0 Å². The van der Waals surface area contributed by atoms with E-state index in [0.29, 0.717) is 6.54 Å². The zero-order chi connectivity index (χ0) is 13.1. The van der Waals surface area contributed by atoms with Gasteiger partial charge >= 0.3 is 0 Å². The average Bonchev–Trinajstić information content (AvgIpc) is 2.25. The van der Waals surface area contributed by atoms with E-state index in [0.717, 1.165) is 17.1 Å². The summed E-state index contributed by atoms with van der Waals surface area (Å²) in [6.45, 7) is 8.86. The molecule has 0 aliphatic carbocycles. The molecule has 3 heteroatoms. The molecular weight excluding hydrogens is 214 g/mol. The molecule has 0 bridgehead atoms. The van der Waals surface area contributed by atoms with Crippen LogP contribution in [-0.2, 0) is 0 Å². The summed E-state index contributed by atoms with van der Waals surface area (Å²) in [7, 11) is 1.65. The summed E-state index contributed by atoms with van der Waals surface area (Å²) in [5.74, 6) is 1.51. The van der Waals surface area contributed by atoms with E-state index in [1.165, 1.54) is 0 Å². The highest BCUT2D eigenvalue weighted by atomic mass is 16.5. The quantitative estimate of drug-likeness (QED) is 0.875. The first-order valence-electron chi connectivity index (χ1n) is 5.90. The molecule has 0 fully saturated rings. The first kappa shape index (κ1) is 13.8. The molecule has 1 rings (SSSR count). The predicted octanol–water partition coefficient (Wildman–Crippen LogP) is 2.76. The van der Waals surface area contributed by atoms with Crippen molar-refractivity contribution in [3.63, 3.8) is 0 Å². The largest absolute Gasteiger partial charge is 0.493 e. The molecule has 0 aliphatic heterocycles. The van der Waals surface area contributed by atoms with E-state index >= 15 is 0 Å². The molecular formula is C14H23NO2. The van der Waals surface area contributed by atoms with E-state index in [1.807, 2.05) is 25.1 Å². The van der Waals surface area contributed by atoms with Crippen molar-refractivity contribution in [1.29, 1.82) is 0 Å². The zero-order valence-electron chi connectivity index (χ0n) is 11.4. The van der Waals surface area contributed by atoms with Crippen LogP contribution in [0.15, 0.2) is 18.2 Å². The molecule has 0 aliphatic rings. The fraction of sp³-hybridized carbons (Fsp3) is 0.571. The molecule has 3 nitrogen and oxygen atoms in total. The Morgan fingerprint density at radius 1 is 1.24 bits per heavy atom. The molecule has 1 atom stereocenters. The minimum Gasteiger partial charge on any atom is -0.493 e. The SMILES string of the molecule is COc1cc(C)ccc1OC(CN)C(C)(C)C. The molecule has 0 spiro atoms. The fourth-order valence-electron chi connectivity index (χ4n) is 1.60. The van der Waals surface area contributed by atoms with E-state index in [-0.39, 0.29) is 11.5 Å². The predicted molar refractivity (Wildman–Crippen MR) is 70.7 cm³/mol. The monoisotopic (exact) mass is 237 g/mol. The van der Waals surface area contributed by atoms with Gasteiger partial charge in [-0.15, -0.1) is 0 Å². The summed E-state index contributed by atoms with van der Waals surface area (Å²) in [5.41, 5.74) is 6.91. The second kappa shape index (κ2) is 5.41. The lowest BCUT2D eigenvalue weighted by Crippen LogP contribution is -2.38. The number of benzene rings is 1. The molecule has 96 valence electrons. The summed E-state index contributed by atoms with van der Waals surface area (Å²) in [6.07, 6.45) is -0.0286. The molecule has 0 radical (unpaired) electrons. The second-order valence-corrected chi connectivity index (χ2v) is 5.36. The lowest BCUT2D eigenvalue weighted by atomic mass is 9.89. The van der Waals surface area contributed by atoms with Crippen LogP contribution < -0.4 is 15.2 Å². The van der Waals surface area contributed by atoms with Gasteiger partial charge in [-0.3, -0.25) is 0 Å². The van der Waals surface area contributed by atoms with Gasteiger partial charge in [0.1, 0.15) is 6.10 Å². The molecule has 0 saturated carbocycles. The number of hydrogen-bond donors (Lipinski definition) is 1. The van der Waals surface area contributed by atoms with Crippen LogP contribution in [0.1, 0.15) is 26.3 Å². The Balaban J connectivity index is 2.94. The third kappa shape index (κ3) is 3.63. The third-order valence-electron chi connectivity index (χ3n) is 2.77. The van der Waals surface area contributed by atoms with E-state index in [9.17, 15) is 0 Å². The van der Waals surface area contributed by atoms with Crippen molar-refractivity contribution in [1.82, 2.24) is 0 Å². The maximum Gasteiger partial charge on any atom is 0.161 e. The van der Waals surface area contributed by atoms with Crippen molar-refractivity contribution in [2.75, 3.05) is 13.7 Å². The maximum atomic E-state index is 5.96. The summed E-state index contributed by atoms with van der Waals surface area (Å²) in [5, 5.41) is 0. The Labute approximate surface area is 104 Å². The van der Waals surface area contributed by atoms with Gasteiger partial charge in [0.25, 0.3) is 0 Å². The highest BCUT2D eigenvalue weighted by molar-refractivity contribution is 5.42. The van der Waals surface area contributed by atoms with E-state index in [1.54, 1.807) is 7.11 Å². The van der Waals surface area contributed by atoms with Crippen molar-refractivity contribution in [2.45, 2.75) is 33.8 Å². The highest BCUT2D eigenvalue weighted by Crippen LogP contribution is 2.32. The Morgan fingerprint density at radius 2 is 1.88 bits per heavy atom. The lowest BCUT2D eigenvalue weighted by molar-refractivity contribution is 0.0909. The Kier molecular flexibility index (Phi) is 4.40. The number of methoxy groups -OCH3 is 1. The summed E-state index contributed by atoms with van der Waals surface area (Å²) in [6, 6.07) is 5.90. The molecule has 1 unspecified atom stereocenters. The summed E-state index contributed by atoms with van der Waals surface area (Å²) < 4.78 is 11.3. The van der Waals surface area contributed by atoms with E-state index in [2.05, 4.69) is 20.8 Å². The normalized spacial score (nSPS) is 13.3. The van der Waals surface area contributed by atoms with Crippen LogP contribution in [0, 0.1) is 12.3 Å². The van der Waals surface area contributed by atoms with Gasteiger partial charge in [0.15, 0.2) is 11.5 Å². The lowest BCUT2D eigenvalue weighted by Gasteiger charge is -2.30. The minimum absolute atomic E-state index is 0.00461. The number of aryl methyl sites for hydroxylation is 1. The van der Waals surface area contributed by atoms with E-state index in [4.69, 9.17) is 15.2 Å². The number of rotatable bonds is 4. The van der Waals surface area contributed by atoms with Crippen molar-refractivity contribution in [3.05, 3.63) is 23.8 Å². The second-order valence-electron chi connectivity index (χ2n) is 5.36. The molecule has 0 heterocycles. The van der Waals surface area contributed by atoms with Crippen LogP contribution in [0.3, 0.4) is 0 Å². The van der Waals surface area contributed by atoms with Crippen molar-refractivity contribution >= 4 is 0 Å². The van der Waals surface area contributed by atoms with Crippen LogP contribution >= 0.6 is 0 Å². The van der Waals surface area contributed by atoms with Crippen LogP contribution in [-0.4, -0.2) is 19.8 Å².